The minimum absolute atomic E-state index is 0.259. The standard InChI is InChI=1S/C16H24O/c1-15(2)7-11(17)14-12-9-4-5-10(6-9)13(12)16(14,3)8-15/h9-10,12-14H,4-8H2,1-3H3/t9-,10-,12+,13+,14+,16-/m0/s1. The fourth-order valence-corrected chi connectivity index (χ4v) is 6.81. The molecule has 2 bridgehead atoms. The molecule has 6 atom stereocenters. The summed E-state index contributed by atoms with van der Waals surface area (Å²) in [5, 5.41) is 0. The monoisotopic (exact) mass is 232 g/mol. The Labute approximate surface area is 104 Å². The van der Waals surface area contributed by atoms with Crippen LogP contribution in [0.25, 0.3) is 0 Å². The van der Waals surface area contributed by atoms with Gasteiger partial charge in [0, 0.05) is 12.3 Å². The Kier molecular flexibility index (Phi) is 1.75. The van der Waals surface area contributed by atoms with E-state index in [1.165, 1.54) is 25.7 Å². The lowest BCUT2D eigenvalue weighted by Gasteiger charge is -2.66. The van der Waals surface area contributed by atoms with Crippen molar-refractivity contribution in [3.8, 4) is 0 Å². The van der Waals surface area contributed by atoms with Gasteiger partial charge in [-0.2, -0.15) is 0 Å². The van der Waals surface area contributed by atoms with Gasteiger partial charge in [-0.15, -0.1) is 0 Å². The lowest BCUT2D eigenvalue weighted by molar-refractivity contribution is -0.191. The average molecular weight is 232 g/mol. The van der Waals surface area contributed by atoms with Crippen molar-refractivity contribution in [1.29, 1.82) is 0 Å². The minimum atomic E-state index is 0.259. The molecule has 0 radical (unpaired) electrons. The third-order valence-corrected chi connectivity index (χ3v) is 6.70. The Morgan fingerprint density at radius 1 is 1.12 bits per heavy atom. The molecular weight excluding hydrogens is 208 g/mol. The topological polar surface area (TPSA) is 17.1 Å². The van der Waals surface area contributed by atoms with E-state index < -0.39 is 0 Å². The maximum absolute atomic E-state index is 12.5. The van der Waals surface area contributed by atoms with Gasteiger partial charge in [-0.3, -0.25) is 4.79 Å². The zero-order valence-corrected chi connectivity index (χ0v) is 11.3. The van der Waals surface area contributed by atoms with Crippen LogP contribution in [-0.4, -0.2) is 5.78 Å². The van der Waals surface area contributed by atoms with E-state index in [0.717, 1.165) is 30.1 Å². The molecule has 4 aliphatic rings. The Bertz CT molecular complexity index is 396. The largest absolute Gasteiger partial charge is 0.299 e. The Morgan fingerprint density at radius 3 is 2.59 bits per heavy atom. The number of carbonyl (C=O) groups is 1. The van der Waals surface area contributed by atoms with Crippen LogP contribution in [0.3, 0.4) is 0 Å². The van der Waals surface area contributed by atoms with E-state index in [4.69, 9.17) is 0 Å². The van der Waals surface area contributed by atoms with Crippen molar-refractivity contribution in [2.24, 2.45) is 40.4 Å². The van der Waals surface area contributed by atoms with Crippen molar-refractivity contribution in [2.75, 3.05) is 0 Å². The van der Waals surface area contributed by atoms with Gasteiger partial charge in [0.2, 0.25) is 0 Å². The molecule has 0 aromatic heterocycles. The van der Waals surface area contributed by atoms with Crippen LogP contribution < -0.4 is 0 Å². The molecule has 17 heavy (non-hydrogen) atoms. The molecule has 4 rings (SSSR count). The lowest BCUT2D eigenvalue weighted by atomic mass is 9.37. The Morgan fingerprint density at radius 2 is 1.82 bits per heavy atom. The molecule has 1 heteroatoms. The predicted octanol–water partition coefficient (Wildman–Crippen LogP) is 3.67. The molecule has 4 aliphatic carbocycles. The van der Waals surface area contributed by atoms with E-state index in [1.54, 1.807) is 0 Å². The van der Waals surface area contributed by atoms with Crippen LogP contribution >= 0.6 is 0 Å². The quantitative estimate of drug-likeness (QED) is 0.622. The summed E-state index contributed by atoms with van der Waals surface area (Å²) in [5.41, 5.74) is 0.637. The van der Waals surface area contributed by atoms with Gasteiger partial charge in [0.25, 0.3) is 0 Å². The van der Waals surface area contributed by atoms with E-state index in [0.29, 0.717) is 17.1 Å². The number of carbonyl (C=O) groups excluding carboxylic acids is 1. The second kappa shape index (κ2) is 2.81. The minimum Gasteiger partial charge on any atom is -0.299 e. The van der Waals surface area contributed by atoms with E-state index in [9.17, 15) is 4.79 Å². The highest BCUT2D eigenvalue weighted by Crippen LogP contribution is 2.75. The van der Waals surface area contributed by atoms with E-state index in [1.807, 2.05) is 0 Å². The Balaban J connectivity index is 1.73. The van der Waals surface area contributed by atoms with E-state index in [-0.39, 0.29) is 5.41 Å². The number of hydrogen-bond acceptors (Lipinski definition) is 1. The number of hydrogen-bond donors (Lipinski definition) is 0. The third-order valence-electron chi connectivity index (χ3n) is 6.70. The van der Waals surface area contributed by atoms with Crippen molar-refractivity contribution in [3.63, 3.8) is 0 Å². The first-order valence-corrected chi connectivity index (χ1v) is 7.45. The fourth-order valence-electron chi connectivity index (χ4n) is 6.81. The SMILES string of the molecule is CC1(C)CC(=O)[C@@H]2[C@@H]3[C@H]4CC[C@@H](C4)[C@H]3[C@]2(C)C1. The summed E-state index contributed by atoms with van der Waals surface area (Å²) >= 11 is 0. The molecule has 1 nitrogen and oxygen atoms in total. The second-order valence-corrected chi connectivity index (χ2v) is 8.40. The highest BCUT2D eigenvalue weighted by atomic mass is 16.1. The third kappa shape index (κ3) is 1.10. The average Bonchev–Trinajstić information content (AvgIpc) is 2.70. The predicted molar refractivity (Wildman–Crippen MR) is 67.4 cm³/mol. The Hall–Kier alpha value is -0.330. The first-order valence-electron chi connectivity index (χ1n) is 7.45. The molecule has 94 valence electrons. The molecule has 4 saturated carbocycles. The molecule has 0 aromatic carbocycles. The summed E-state index contributed by atoms with van der Waals surface area (Å²) in [4.78, 5) is 12.5. The van der Waals surface area contributed by atoms with Gasteiger partial charge < -0.3 is 0 Å². The zero-order valence-electron chi connectivity index (χ0n) is 11.3. The molecule has 0 N–H and O–H groups in total. The summed E-state index contributed by atoms with van der Waals surface area (Å²) < 4.78 is 0. The summed E-state index contributed by atoms with van der Waals surface area (Å²) in [6.07, 6.45) is 6.47. The molecule has 0 saturated heterocycles. The smallest absolute Gasteiger partial charge is 0.137 e. The van der Waals surface area contributed by atoms with Crippen molar-refractivity contribution in [2.45, 2.75) is 52.9 Å². The maximum atomic E-state index is 12.5. The maximum Gasteiger partial charge on any atom is 0.137 e. The molecule has 0 unspecified atom stereocenters. The highest BCUT2D eigenvalue weighted by Gasteiger charge is 2.71. The van der Waals surface area contributed by atoms with Gasteiger partial charge in [0.05, 0.1) is 0 Å². The van der Waals surface area contributed by atoms with Crippen LogP contribution in [0.4, 0.5) is 0 Å². The molecular formula is C16H24O. The van der Waals surface area contributed by atoms with Gasteiger partial charge in [-0.1, -0.05) is 20.8 Å². The molecule has 0 amide bonds. The van der Waals surface area contributed by atoms with Crippen molar-refractivity contribution >= 4 is 5.78 Å². The molecule has 0 heterocycles. The van der Waals surface area contributed by atoms with Crippen molar-refractivity contribution in [3.05, 3.63) is 0 Å². The fraction of sp³-hybridized carbons (Fsp3) is 0.938. The van der Waals surface area contributed by atoms with Crippen LogP contribution in [0, 0.1) is 40.4 Å². The van der Waals surface area contributed by atoms with E-state index >= 15 is 0 Å². The molecule has 0 spiro atoms. The van der Waals surface area contributed by atoms with Crippen LogP contribution in [0.5, 0.6) is 0 Å². The normalized spacial score (nSPS) is 58.5. The number of rotatable bonds is 0. The highest BCUT2D eigenvalue weighted by molar-refractivity contribution is 5.85. The van der Waals surface area contributed by atoms with Gasteiger partial charge in [-0.05, 0) is 60.2 Å². The molecule has 4 fully saturated rings. The van der Waals surface area contributed by atoms with Gasteiger partial charge in [0.15, 0.2) is 0 Å². The van der Waals surface area contributed by atoms with Crippen molar-refractivity contribution < 1.29 is 4.79 Å². The van der Waals surface area contributed by atoms with Crippen LogP contribution in [0.1, 0.15) is 52.9 Å². The number of Topliss-reactive ketones (excluding diaryl/α,β-unsaturated/α-hetero) is 1. The van der Waals surface area contributed by atoms with Gasteiger partial charge in [-0.25, -0.2) is 0 Å². The second-order valence-electron chi connectivity index (χ2n) is 8.40. The van der Waals surface area contributed by atoms with Gasteiger partial charge >= 0.3 is 0 Å². The summed E-state index contributed by atoms with van der Waals surface area (Å²) in [7, 11) is 0. The van der Waals surface area contributed by atoms with Gasteiger partial charge in [0.1, 0.15) is 5.78 Å². The summed E-state index contributed by atoms with van der Waals surface area (Å²) in [6, 6.07) is 0. The van der Waals surface area contributed by atoms with Crippen LogP contribution in [-0.2, 0) is 4.79 Å². The number of fused-ring (bicyclic) bond motifs is 8. The first-order chi connectivity index (χ1) is 7.92. The van der Waals surface area contributed by atoms with Crippen LogP contribution in [0.2, 0.25) is 0 Å². The summed E-state index contributed by atoms with van der Waals surface area (Å²) in [5.74, 6) is 4.69. The first kappa shape index (κ1) is 10.6. The van der Waals surface area contributed by atoms with E-state index in [2.05, 4.69) is 20.8 Å². The zero-order chi connectivity index (χ0) is 12.0. The molecule has 0 aromatic rings. The van der Waals surface area contributed by atoms with Crippen LogP contribution in [0.15, 0.2) is 0 Å². The summed E-state index contributed by atoms with van der Waals surface area (Å²) in [6.45, 7) is 7.04. The van der Waals surface area contributed by atoms with Crippen molar-refractivity contribution in [1.82, 2.24) is 0 Å². The number of ketones is 1. The lowest BCUT2D eigenvalue weighted by Crippen LogP contribution is -2.64. The molecule has 0 aliphatic heterocycles.